The molecule has 0 saturated heterocycles. The summed E-state index contributed by atoms with van der Waals surface area (Å²) < 4.78 is 0. The van der Waals surface area contributed by atoms with Crippen molar-refractivity contribution in [2.45, 2.75) is 26.3 Å². The van der Waals surface area contributed by atoms with Gasteiger partial charge in [-0.15, -0.1) is 0 Å². The second-order valence-electron chi connectivity index (χ2n) is 5.26. The number of para-hydroxylation sites is 1. The van der Waals surface area contributed by atoms with E-state index in [1.807, 2.05) is 61.5 Å². The zero-order valence-corrected chi connectivity index (χ0v) is 12.6. The average Bonchev–Trinajstić information content (AvgIpc) is 2.49. The molecule has 0 spiro atoms. The molecule has 21 heavy (non-hydrogen) atoms. The molecule has 2 aromatic carbocycles. The molecule has 2 N–H and O–H groups in total. The Morgan fingerprint density at radius 3 is 2.33 bits per heavy atom. The fourth-order valence-corrected chi connectivity index (χ4v) is 2.45. The molecule has 3 heteroatoms. The fraction of sp³-hybridized carbons (Fsp3) is 0.278. The summed E-state index contributed by atoms with van der Waals surface area (Å²) in [6.07, 6.45) is 0.734. The summed E-state index contributed by atoms with van der Waals surface area (Å²) in [5.74, 6) is 0.0459. The van der Waals surface area contributed by atoms with Crippen molar-refractivity contribution in [3.05, 3.63) is 65.7 Å². The van der Waals surface area contributed by atoms with Crippen molar-refractivity contribution >= 4 is 11.6 Å². The standard InChI is InChI=1S/C18H22N2O/c1-14-8-6-7-11-18(14)20(15(2)21)13-12-17(19)16-9-4-3-5-10-16/h3-11,17H,12-13,19H2,1-2H3/t17-/m0/s1. The van der Waals surface area contributed by atoms with E-state index < -0.39 is 0 Å². The van der Waals surface area contributed by atoms with E-state index in [-0.39, 0.29) is 11.9 Å². The number of anilines is 1. The zero-order valence-electron chi connectivity index (χ0n) is 12.6. The quantitative estimate of drug-likeness (QED) is 0.913. The van der Waals surface area contributed by atoms with E-state index in [1.165, 1.54) is 0 Å². The van der Waals surface area contributed by atoms with Crippen LogP contribution in [0.2, 0.25) is 0 Å². The van der Waals surface area contributed by atoms with Gasteiger partial charge in [0.25, 0.3) is 0 Å². The molecule has 110 valence electrons. The number of carbonyl (C=O) groups excluding carboxylic acids is 1. The largest absolute Gasteiger partial charge is 0.324 e. The highest BCUT2D eigenvalue weighted by Gasteiger charge is 2.15. The van der Waals surface area contributed by atoms with Gasteiger partial charge >= 0.3 is 0 Å². The number of nitrogens with zero attached hydrogens (tertiary/aromatic N) is 1. The van der Waals surface area contributed by atoms with Gasteiger partial charge in [0.1, 0.15) is 0 Å². The minimum absolute atomic E-state index is 0.0459. The molecule has 1 amide bonds. The molecule has 0 aliphatic rings. The van der Waals surface area contributed by atoms with E-state index in [0.717, 1.165) is 23.2 Å². The van der Waals surface area contributed by atoms with Crippen molar-refractivity contribution in [1.29, 1.82) is 0 Å². The van der Waals surface area contributed by atoms with Gasteiger partial charge in [0.15, 0.2) is 0 Å². The highest BCUT2D eigenvalue weighted by atomic mass is 16.2. The van der Waals surface area contributed by atoms with Crippen LogP contribution in [0.25, 0.3) is 0 Å². The summed E-state index contributed by atoms with van der Waals surface area (Å²) in [5, 5.41) is 0. The van der Waals surface area contributed by atoms with E-state index in [9.17, 15) is 4.79 Å². The minimum atomic E-state index is -0.0583. The summed E-state index contributed by atoms with van der Waals surface area (Å²) in [7, 11) is 0. The molecule has 0 bridgehead atoms. The third-order valence-corrected chi connectivity index (χ3v) is 3.68. The van der Waals surface area contributed by atoms with Gasteiger partial charge in [0, 0.05) is 25.2 Å². The Kier molecular flexibility index (Phi) is 5.12. The molecule has 1 atom stereocenters. The number of benzene rings is 2. The van der Waals surface area contributed by atoms with Crippen LogP contribution in [0.15, 0.2) is 54.6 Å². The van der Waals surface area contributed by atoms with Crippen LogP contribution < -0.4 is 10.6 Å². The first kappa shape index (κ1) is 15.3. The molecule has 0 aliphatic heterocycles. The number of aryl methyl sites for hydroxylation is 1. The van der Waals surface area contributed by atoms with Crippen molar-refractivity contribution in [1.82, 2.24) is 0 Å². The van der Waals surface area contributed by atoms with Crippen LogP contribution in [0.5, 0.6) is 0 Å². The van der Waals surface area contributed by atoms with E-state index in [4.69, 9.17) is 5.73 Å². The van der Waals surface area contributed by atoms with Crippen LogP contribution in [0.1, 0.15) is 30.5 Å². The van der Waals surface area contributed by atoms with E-state index in [2.05, 4.69) is 0 Å². The molecule has 0 heterocycles. The van der Waals surface area contributed by atoms with Gasteiger partial charge in [-0.1, -0.05) is 48.5 Å². The third-order valence-electron chi connectivity index (χ3n) is 3.68. The Balaban J connectivity index is 2.08. The minimum Gasteiger partial charge on any atom is -0.324 e. The molecule has 0 unspecified atom stereocenters. The Morgan fingerprint density at radius 1 is 1.10 bits per heavy atom. The Hall–Kier alpha value is -2.13. The van der Waals surface area contributed by atoms with Gasteiger partial charge in [-0.05, 0) is 30.5 Å². The van der Waals surface area contributed by atoms with Crippen LogP contribution in [0, 0.1) is 6.92 Å². The first-order valence-corrected chi connectivity index (χ1v) is 7.24. The van der Waals surface area contributed by atoms with Crippen molar-refractivity contribution < 1.29 is 4.79 Å². The monoisotopic (exact) mass is 282 g/mol. The summed E-state index contributed by atoms with van der Waals surface area (Å²) in [6.45, 7) is 4.24. The number of rotatable bonds is 5. The van der Waals surface area contributed by atoms with Crippen molar-refractivity contribution in [3.63, 3.8) is 0 Å². The summed E-state index contributed by atoms with van der Waals surface area (Å²) in [4.78, 5) is 13.7. The Bertz CT molecular complexity index is 595. The van der Waals surface area contributed by atoms with Crippen molar-refractivity contribution in [2.24, 2.45) is 5.73 Å². The molecular weight excluding hydrogens is 260 g/mol. The molecule has 0 aromatic heterocycles. The molecule has 3 nitrogen and oxygen atoms in total. The second kappa shape index (κ2) is 7.04. The van der Waals surface area contributed by atoms with Crippen molar-refractivity contribution in [2.75, 3.05) is 11.4 Å². The number of hydrogen-bond acceptors (Lipinski definition) is 2. The molecule has 0 radical (unpaired) electrons. The van der Waals surface area contributed by atoms with Gasteiger partial charge < -0.3 is 10.6 Å². The number of amides is 1. The van der Waals surface area contributed by atoms with Crippen LogP contribution in [0.4, 0.5) is 5.69 Å². The highest BCUT2D eigenvalue weighted by Crippen LogP contribution is 2.22. The maximum Gasteiger partial charge on any atom is 0.223 e. The SMILES string of the molecule is CC(=O)N(CC[C@H](N)c1ccccc1)c1ccccc1C. The van der Waals surface area contributed by atoms with Crippen molar-refractivity contribution in [3.8, 4) is 0 Å². The molecule has 2 rings (SSSR count). The predicted molar refractivity (Wildman–Crippen MR) is 87.2 cm³/mol. The van der Waals surface area contributed by atoms with Gasteiger partial charge in [-0.2, -0.15) is 0 Å². The Labute approximate surface area is 126 Å². The summed E-state index contributed by atoms with van der Waals surface area (Å²) in [5.41, 5.74) is 9.39. The van der Waals surface area contributed by atoms with E-state index >= 15 is 0 Å². The lowest BCUT2D eigenvalue weighted by Gasteiger charge is -2.24. The molecule has 2 aromatic rings. The molecule has 0 saturated carbocycles. The van der Waals surface area contributed by atoms with Crippen LogP contribution in [-0.4, -0.2) is 12.5 Å². The zero-order chi connectivity index (χ0) is 15.2. The fourth-order valence-electron chi connectivity index (χ4n) is 2.45. The van der Waals surface area contributed by atoms with Crippen LogP contribution in [-0.2, 0) is 4.79 Å². The van der Waals surface area contributed by atoms with Crippen LogP contribution in [0.3, 0.4) is 0 Å². The normalized spacial score (nSPS) is 12.0. The summed E-state index contributed by atoms with van der Waals surface area (Å²) in [6, 6.07) is 17.9. The lowest BCUT2D eigenvalue weighted by molar-refractivity contribution is -0.116. The number of nitrogens with two attached hydrogens (primary N) is 1. The second-order valence-corrected chi connectivity index (χ2v) is 5.26. The van der Waals surface area contributed by atoms with E-state index in [1.54, 1.807) is 11.8 Å². The maximum absolute atomic E-state index is 11.9. The number of carbonyl (C=O) groups is 1. The van der Waals surface area contributed by atoms with Crippen LogP contribution >= 0.6 is 0 Å². The topological polar surface area (TPSA) is 46.3 Å². The molecular formula is C18H22N2O. The molecule has 0 aliphatic carbocycles. The van der Waals surface area contributed by atoms with Gasteiger partial charge in [-0.25, -0.2) is 0 Å². The highest BCUT2D eigenvalue weighted by molar-refractivity contribution is 5.92. The lowest BCUT2D eigenvalue weighted by atomic mass is 10.0. The van der Waals surface area contributed by atoms with E-state index in [0.29, 0.717) is 6.54 Å². The summed E-state index contributed by atoms with van der Waals surface area (Å²) >= 11 is 0. The Morgan fingerprint density at radius 2 is 1.71 bits per heavy atom. The average molecular weight is 282 g/mol. The first-order valence-electron chi connectivity index (χ1n) is 7.24. The third kappa shape index (κ3) is 3.92. The first-order chi connectivity index (χ1) is 10.1. The predicted octanol–water partition coefficient (Wildman–Crippen LogP) is 3.44. The van der Waals surface area contributed by atoms with Gasteiger partial charge in [0.2, 0.25) is 5.91 Å². The maximum atomic E-state index is 11.9. The van der Waals surface area contributed by atoms with Gasteiger partial charge in [0.05, 0.1) is 0 Å². The lowest BCUT2D eigenvalue weighted by Crippen LogP contribution is -2.32. The molecule has 0 fully saturated rings. The number of hydrogen-bond donors (Lipinski definition) is 1. The van der Waals surface area contributed by atoms with Gasteiger partial charge in [-0.3, -0.25) is 4.79 Å². The smallest absolute Gasteiger partial charge is 0.223 e.